The van der Waals surface area contributed by atoms with Crippen molar-refractivity contribution in [3.05, 3.63) is 87.2 Å². The van der Waals surface area contributed by atoms with Crippen LogP contribution in [0.5, 0.6) is 0 Å². The molecule has 8 nitrogen and oxygen atoms in total. The summed E-state index contributed by atoms with van der Waals surface area (Å²) in [4.78, 5) is 41.5. The van der Waals surface area contributed by atoms with E-state index in [1.807, 2.05) is 12.3 Å². The molecule has 29 heavy (non-hydrogen) atoms. The number of amides is 1. The predicted molar refractivity (Wildman–Crippen MR) is 106 cm³/mol. The number of furan rings is 1. The molecule has 9 heteroatoms. The van der Waals surface area contributed by atoms with Crippen molar-refractivity contribution in [1.82, 2.24) is 9.38 Å². The molecule has 3 aromatic heterocycles. The summed E-state index contributed by atoms with van der Waals surface area (Å²) in [6.45, 7) is 1.69. The van der Waals surface area contributed by atoms with Crippen LogP contribution >= 0.6 is 11.3 Å². The third-order valence-electron chi connectivity index (χ3n) is 4.08. The molecule has 0 fully saturated rings. The van der Waals surface area contributed by atoms with Crippen molar-refractivity contribution in [3.8, 4) is 0 Å². The molecule has 0 aliphatic heterocycles. The average molecular weight is 409 g/mol. The Morgan fingerprint density at radius 3 is 2.90 bits per heavy atom. The van der Waals surface area contributed by atoms with E-state index < -0.39 is 11.9 Å². The number of rotatable bonds is 5. The molecular weight excluding hydrogens is 394 g/mol. The summed E-state index contributed by atoms with van der Waals surface area (Å²) < 4.78 is 11.8. The molecule has 146 valence electrons. The second-order valence-corrected chi connectivity index (χ2v) is 7.01. The van der Waals surface area contributed by atoms with Crippen LogP contribution in [0.15, 0.2) is 63.3 Å². The molecule has 0 atom stereocenters. The van der Waals surface area contributed by atoms with Gasteiger partial charge in [0.2, 0.25) is 0 Å². The molecule has 1 N–H and O–H groups in total. The van der Waals surface area contributed by atoms with Gasteiger partial charge in [0.15, 0.2) is 10.7 Å². The van der Waals surface area contributed by atoms with Crippen LogP contribution in [0, 0.1) is 6.92 Å². The minimum atomic E-state index is -0.594. The molecule has 0 unspecified atom stereocenters. The first kappa shape index (κ1) is 18.6. The number of hydrogen-bond donors (Lipinski definition) is 1. The van der Waals surface area contributed by atoms with Crippen LogP contribution in [0.2, 0.25) is 0 Å². The van der Waals surface area contributed by atoms with Gasteiger partial charge in [0, 0.05) is 22.8 Å². The Bertz CT molecular complexity index is 1260. The molecule has 3 heterocycles. The zero-order chi connectivity index (χ0) is 20.4. The minimum Gasteiger partial charge on any atom is -0.459 e. The van der Waals surface area contributed by atoms with Crippen LogP contribution in [0.25, 0.3) is 4.96 Å². The summed E-state index contributed by atoms with van der Waals surface area (Å²) in [7, 11) is 0. The lowest BCUT2D eigenvalue weighted by Gasteiger charge is -2.07. The van der Waals surface area contributed by atoms with E-state index in [4.69, 9.17) is 9.15 Å². The highest BCUT2D eigenvalue weighted by molar-refractivity contribution is 7.15. The fraction of sp³-hybridized carbons (Fsp3) is 0.100. The lowest BCUT2D eigenvalue weighted by Crippen LogP contribution is -2.16. The van der Waals surface area contributed by atoms with E-state index in [0.29, 0.717) is 16.3 Å². The number of benzene rings is 1. The van der Waals surface area contributed by atoms with Gasteiger partial charge >= 0.3 is 5.97 Å². The number of ether oxygens (including phenoxy) is 1. The molecule has 0 spiro atoms. The summed E-state index contributed by atoms with van der Waals surface area (Å²) in [5.41, 5.74) is 1.63. The van der Waals surface area contributed by atoms with E-state index in [0.717, 1.165) is 5.69 Å². The highest BCUT2D eigenvalue weighted by Gasteiger charge is 2.13. The molecule has 0 bridgehead atoms. The average Bonchev–Trinajstić information content (AvgIpc) is 3.37. The third-order valence-corrected chi connectivity index (χ3v) is 5.02. The van der Waals surface area contributed by atoms with Gasteiger partial charge in [-0.15, -0.1) is 11.3 Å². The van der Waals surface area contributed by atoms with E-state index in [-0.39, 0.29) is 23.5 Å². The highest BCUT2D eigenvalue weighted by Crippen LogP contribution is 2.15. The number of aryl methyl sites for hydroxylation is 1. The van der Waals surface area contributed by atoms with E-state index in [2.05, 4.69) is 10.3 Å². The zero-order valence-electron chi connectivity index (χ0n) is 15.2. The normalized spacial score (nSPS) is 10.8. The van der Waals surface area contributed by atoms with Crippen LogP contribution in [-0.4, -0.2) is 21.3 Å². The van der Waals surface area contributed by atoms with E-state index in [1.165, 1.54) is 40.2 Å². The van der Waals surface area contributed by atoms with E-state index >= 15 is 0 Å². The monoisotopic (exact) mass is 409 g/mol. The van der Waals surface area contributed by atoms with Crippen molar-refractivity contribution in [2.24, 2.45) is 0 Å². The molecule has 0 saturated carbocycles. The maximum Gasteiger partial charge on any atom is 0.338 e. The van der Waals surface area contributed by atoms with Gasteiger partial charge in [0.25, 0.3) is 11.5 Å². The van der Waals surface area contributed by atoms with Crippen LogP contribution in [0.4, 0.5) is 5.69 Å². The van der Waals surface area contributed by atoms with Gasteiger partial charge in [-0.25, -0.2) is 9.78 Å². The third kappa shape index (κ3) is 3.94. The Morgan fingerprint density at radius 2 is 2.10 bits per heavy atom. The van der Waals surface area contributed by atoms with Gasteiger partial charge in [-0.3, -0.25) is 14.0 Å². The van der Waals surface area contributed by atoms with Gasteiger partial charge in [-0.1, -0.05) is 6.07 Å². The lowest BCUT2D eigenvalue weighted by molar-refractivity contribution is 0.0467. The first-order valence-corrected chi connectivity index (χ1v) is 9.48. The summed E-state index contributed by atoms with van der Waals surface area (Å²) in [6.07, 6.45) is 1.40. The van der Waals surface area contributed by atoms with Crippen LogP contribution in [0.3, 0.4) is 0 Å². The molecule has 0 aliphatic rings. The fourth-order valence-electron chi connectivity index (χ4n) is 2.72. The van der Waals surface area contributed by atoms with Gasteiger partial charge < -0.3 is 14.5 Å². The smallest absolute Gasteiger partial charge is 0.338 e. The van der Waals surface area contributed by atoms with Gasteiger partial charge in [-0.2, -0.15) is 0 Å². The molecule has 0 radical (unpaired) electrons. The zero-order valence-corrected chi connectivity index (χ0v) is 16.1. The molecule has 0 saturated heterocycles. The Balaban J connectivity index is 1.45. The van der Waals surface area contributed by atoms with Crippen LogP contribution in [0.1, 0.15) is 32.3 Å². The molecule has 0 aliphatic carbocycles. The van der Waals surface area contributed by atoms with Crippen molar-refractivity contribution in [1.29, 1.82) is 0 Å². The number of esters is 1. The topological polar surface area (TPSA) is 103 Å². The maximum absolute atomic E-state index is 12.4. The quantitative estimate of drug-likeness (QED) is 0.508. The lowest BCUT2D eigenvalue weighted by atomic mass is 10.2. The fourth-order valence-corrected chi connectivity index (χ4v) is 3.61. The second kappa shape index (κ2) is 7.72. The molecule has 4 rings (SSSR count). The highest BCUT2D eigenvalue weighted by atomic mass is 32.1. The minimum absolute atomic E-state index is 0.134. The molecule has 1 aromatic carbocycles. The number of thiazole rings is 1. The molecular formula is C20H15N3O5S. The number of carbonyl (C=O) groups is 2. The Morgan fingerprint density at radius 1 is 1.24 bits per heavy atom. The van der Waals surface area contributed by atoms with Crippen molar-refractivity contribution < 1.29 is 18.7 Å². The van der Waals surface area contributed by atoms with E-state index in [1.54, 1.807) is 24.3 Å². The van der Waals surface area contributed by atoms with Gasteiger partial charge in [0.05, 0.1) is 17.5 Å². The number of carbonyl (C=O) groups excluding carboxylic acids is 2. The summed E-state index contributed by atoms with van der Waals surface area (Å²) in [5.74, 6) is -0.859. The van der Waals surface area contributed by atoms with Gasteiger partial charge in [0.1, 0.15) is 6.61 Å². The maximum atomic E-state index is 12.4. The number of nitrogens with zero attached hydrogens (tertiary/aromatic N) is 2. The summed E-state index contributed by atoms with van der Waals surface area (Å²) in [6, 6.07) is 10.8. The number of hydrogen-bond acceptors (Lipinski definition) is 7. The second-order valence-electron chi connectivity index (χ2n) is 6.17. The SMILES string of the molecule is Cc1csc2nc(COC(=O)c3cccc(NC(=O)c4ccco4)c3)cc(=O)n12. The predicted octanol–water partition coefficient (Wildman–Crippen LogP) is 3.27. The number of anilines is 1. The van der Waals surface area contributed by atoms with Crippen LogP contribution < -0.4 is 10.9 Å². The van der Waals surface area contributed by atoms with E-state index in [9.17, 15) is 14.4 Å². The number of aromatic nitrogens is 2. The Labute approximate surface area is 168 Å². The van der Waals surface area contributed by atoms with Crippen molar-refractivity contribution in [2.45, 2.75) is 13.5 Å². The largest absolute Gasteiger partial charge is 0.459 e. The number of nitrogens with one attached hydrogen (secondary N) is 1. The number of fused-ring (bicyclic) bond motifs is 1. The first-order valence-electron chi connectivity index (χ1n) is 8.60. The van der Waals surface area contributed by atoms with Crippen molar-refractivity contribution in [2.75, 3.05) is 5.32 Å². The first-order chi connectivity index (χ1) is 14.0. The molecule has 1 amide bonds. The van der Waals surface area contributed by atoms with Crippen molar-refractivity contribution >= 4 is 33.9 Å². The van der Waals surface area contributed by atoms with Crippen molar-refractivity contribution in [3.63, 3.8) is 0 Å². The Kier molecular flexibility index (Phi) is 4.96. The summed E-state index contributed by atoms with van der Waals surface area (Å²) >= 11 is 1.34. The standard InChI is InChI=1S/C20H15N3O5S/c1-12-11-29-20-22-15(9-17(24)23(12)20)10-28-19(26)13-4-2-5-14(8-13)21-18(25)16-6-3-7-27-16/h2-9,11H,10H2,1H3,(H,21,25). The van der Waals surface area contributed by atoms with Crippen LogP contribution in [-0.2, 0) is 11.3 Å². The van der Waals surface area contributed by atoms with Gasteiger partial charge in [-0.05, 0) is 37.3 Å². The summed E-state index contributed by atoms with van der Waals surface area (Å²) in [5, 5.41) is 4.48. The molecule has 4 aromatic rings. The Hall–Kier alpha value is -3.72.